The predicted molar refractivity (Wildman–Crippen MR) is 290 cm³/mol. The maximum atomic E-state index is 7.17. The van der Waals surface area contributed by atoms with Crippen molar-refractivity contribution in [1.29, 1.82) is 10.8 Å². The van der Waals surface area contributed by atoms with Gasteiger partial charge in [0.25, 0.3) is 0 Å². The maximum absolute atomic E-state index is 7.17. The zero-order valence-electron chi connectivity index (χ0n) is 36.6. The van der Waals surface area contributed by atoms with E-state index >= 15 is 0 Å². The van der Waals surface area contributed by atoms with Gasteiger partial charge in [-0.05, 0) is 64.8 Å². The van der Waals surface area contributed by atoms with Gasteiger partial charge in [-0.1, -0.05) is 187 Å². The molecular formula is C48H63Cl2N11S4. The van der Waals surface area contributed by atoms with Gasteiger partial charge in [0.2, 0.25) is 0 Å². The van der Waals surface area contributed by atoms with Crippen LogP contribution in [0.4, 0.5) is 0 Å². The molecule has 0 saturated heterocycles. The molecule has 0 radical (unpaired) electrons. The minimum Gasteiger partial charge on any atom is -0.379 e. The normalized spacial score (nSPS) is 13.3. The molecule has 5 aromatic rings. The number of benzene rings is 5. The number of nitrogens with one attached hydrogen (secondary N) is 4. The number of halogens is 2. The Morgan fingerprint density at radius 3 is 1.12 bits per heavy atom. The Morgan fingerprint density at radius 1 is 0.492 bits per heavy atom. The second kappa shape index (κ2) is 32.5. The number of hydrogen-bond acceptors (Lipinski definition) is 13. The minimum absolute atomic E-state index is 0. The summed E-state index contributed by atoms with van der Waals surface area (Å²) in [5.74, 6) is 3.20. The number of thioether (sulfide) groups is 4. The molecule has 10 N–H and O–H groups in total. The van der Waals surface area contributed by atoms with Crippen LogP contribution >= 0.6 is 71.9 Å². The van der Waals surface area contributed by atoms with Crippen molar-refractivity contribution in [2.24, 2.45) is 27.2 Å². The monoisotopic (exact) mass is 991 g/mol. The topological polar surface area (TPSA) is 181 Å². The lowest BCUT2D eigenvalue weighted by molar-refractivity contribution is 0.270. The van der Waals surface area contributed by atoms with Crippen molar-refractivity contribution in [3.63, 3.8) is 0 Å². The van der Waals surface area contributed by atoms with Crippen LogP contribution in [0.5, 0.6) is 0 Å². The first-order valence-corrected chi connectivity index (χ1v) is 24.9. The van der Waals surface area contributed by atoms with Gasteiger partial charge in [-0.2, -0.15) is 0 Å². The molecule has 348 valence electrons. The summed E-state index contributed by atoms with van der Waals surface area (Å²) in [6.45, 7) is 5.99. The summed E-state index contributed by atoms with van der Waals surface area (Å²) in [5, 5.41) is 23.7. The molecule has 0 aromatic heterocycles. The molecule has 17 heteroatoms. The molecule has 0 amide bonds. The fourth-order valence-corrected chi connectivity index (χ4v) is 9.31. The number of amidine groups is 4. The molecule has 65 heavy (non-hydrogen) atoms. The fraction of sp³-hybridized carbons (Fsp3) is 0.292. The summed E-state index contributed by atoms with van der Waals surface area (Å²) < 4.78 is 0. The third kappa shape index (κ3) is 22.3. The number of nitrogens with zero attached hydrogens (tertiary/aromatic N) is 4. The van der Waals surface area contributed by atoms with E-state index in [9.17, 15) is 0 Å². The molecule has 0 atom stereocenters. The number of hydrogen-bond donors (Lipinski definition) is 7. The molecule has 2 heterocycles. The van der Waals surface area contributed by atoms with Gasteiger partial charge in [-0.25, -0.2) is 9.98 Å². The second-order valence-electron chi connectivity index (χ2n) is 14.6. The Bertz CT molecular complexity index is 2040. The highest BCUT2D eigenvalue weighted by atomic mass is 35.5. The predicted octanol–water partition coefficient (Wildman–Crippen LogP) is 8.96. The molecule has 7 rings (SSSR count). The SMILES string of the molecule is Cl.Cl.N=C(N)SCc1ccccc1CSC(=N)N.NCCc1ccccc1.c1ccc(CCN2CN=C(SCc3ccccc3CSC3=NCN(CCc4ccccc4)CN3)NC2)cc1. The Kier molecular flexibility index (Phi) is 27.6. The van der Waals surface area contributed by atoms with E-state index in [1.54, 1.807) is 23.5 Å². The van der Waals surface area contributed by atoms with Crippen LogP contribution in [0.2, 0.25) is 0 Å². The van der Waals surface area contributed by atoms with Crippen molar-refractivity contribution < 1.29 is 0 Å². The largest absolute Gasteiger partial charge is 0.379 e. The molecule has 0 unspecified atom stereocenters. The van der Waals surface area contributed by atoms with Gasteiger partial charge in [0.15, 0.2) is 20.7 Å². The summed E-state index contributed by atoms with van der Waals surface area (Å²) in [4.78, 5) is 14.3. The third-order valence-corrected chi connectivity index (χ3v) is 13.4. The van der Waals surface area contributed by atoms with E-state index in [-0.39, 0.29) is 35.1 Å². The van der Waals surface area contributed by atoms with E-state index in [1.807, 2.05) is 42.5 Å². The van der Waals surface area contributed by atoms with Crippen molar-refractivity contribution in [1.82, 2.24) is 20.4 Å². The highest BCUT2D eigenvalue weighted by Crippen LogP contribution is 2.24. The van der Waals surface area contributed by atoms with Gasteiger partial charge in [-0.3, -0.25) is 20.6 Å². The van der Waals surface area contributed by atoms with E-state index in [2.05, 4.69) is 117 Å². The molecular weight excluding hydrogens is 930 g/mol. The van der Waals surface area contributed by atoms with Crippen LogP contribution in [-0.4, -0.2) is 76.8 Å². The van der Waals surface area contributed by atoms with Gasteiger partial charge in [0.05, 0.1) is 26.7 Å². The van der Waals surface area contributed by atoms with Crippen molar-refractivity contribution in [2.45, 2.75) is 42.3 Å². The van der Waals surface area contributed by atoms with E-state index in [4.69, 9.17) is 38.0 Å². The Morgan fingerprint density at radius 2 is 0.815 bits per heavy atom. The highest BCUT2D eigenvalue weighted by molar-refractivity contribution is 8.14. The lowest BCUT2D eigenvalue weighted by Crippen LogP contribution is -2.42. The lowest BCUT2D eigenvalue weighted by atomic mass is 10.1. The van der Waals surface area contributed by atoms with Gasteiger partial charge >= 0.3 is 0 Å². The smallest absolute Gasteiger partial charge is 0.159 e. The molecule has 5 aromatic carbocycles. The molecule has 2 aliphatic rings. The molecule has 0 fully saturated rings. The van der Waals surface area contributed by atoms with E-state index in [0.29, 0.717) is 11.5 Å². The number of aliphatic imine (C=N–C) groups is 2. The van der Waals surface area contributed by atoms with Crippen LogP contribution in [0, 0.1) is 10.8 Å². The quantitative estimate of drug-likeness (QED) is 0.0371. The van der Waals surface area contributed by atoms with E-state index < -0.39 is 0 Å². The fourth-order valence-electron chi connectivity index (χ4n) is 6.35. The first-order chi connectivity index (χ1) is 30.8. The molecule has 11 nitrogen and oxygen atoms in total. The summed E-state index contributed by atoms with van der Waals surface area (Å²) >= 11 is 6.19. The summed E-state index contributed by atoms with van der Waals surface area (Å²) in [6.07, 6.45) is 3.09. The van der Waals surface area contributed by atoms with Gasteiger partial charge in [-0.15, -0.1) is 24.8 Å². The summed E-state index contributed by atoms with van der Waals surface area (Å²) in [5.41, 5.74) is 25.0. The van der Waals surface area contributed by atoms with Gasteiger partial charge < -0.3 is 27.8 Å². The van der Waals surface area contributed by atoms with E-state index in [0.717, 1.165) is 98.5 Å². The van der Waals surface area contributed by atoms with Crippen LogP contribution in [0.25, 0.3) is 0 Å². The Labute approximate surface area is 415 Å². The second-order valence-corrected chi connectivity index (χ2v) is 18.5. The molecule has 0 spiro atoms. The van der Waals surface area contributed by atoms with Gasteiger partial charge in [0, 0.05) is 36.1 Å². The maximum Gasteiger partial charge on any atom is 0.159 e. The average molecular weight is 993 g/mol. The van der Waals surface area contributed by atoms with E-state index in [1.165, 1.54) is 51.3 Å². The Balaban J connectivity index is 0.000000342. The number of nitrogens with two attached hydrogens (primary N) is 3. The van der Waals surface area contributed by atoms with Crippen molar-refractivity contribution in [2.75, 3.05) is 46.3 Å². The first kappa shape index (κ1) is 55.2. The lowest BCUT2D eigenvalue weighted by Gasteiger charge is -2.27. The first-order valence-electron chi connectivity index (χ1n) is 21.0. The summed E-state index contributed by atoms with van der Waals surface area (Å²) in [6, 6.07) is 48.2. The molecule has 0 saturated carbocycles. The van der Waals surface area contributed by atoms with Crippen LogP contribution in [0.1, 0.15) is 38.9 Å². The highest BCUT2D eigenvalue weighted by Gasteiger charge is 2.15. The van der Waals surface area contributed by atoms with Crippen molar-refractivity contribution in [3.8, 4) is 0 Å². The van der Waals surface area contributed by atoms with Crippen LogP contribution in [0.3, 0.4) is 0 Å². The van der Waals surface area contributed by atoms with Crippen molar-refractivity contribution in [3.05, 3.63) is 178 Å². The zero-order chi connectivity index (χ0) is 44.3. The van der Waals surface area contributed by atoms with Crippen molar-refractivity contribution >= 4 is 92.5 Å². The third-order valence-electron chi connectivity index (χ3n) is 9.86. The summed E-state index contributed by atoms with van der Waals surface area (Å²) in [7, 11) is 0. The standard InChI is InChI=1S/C30H36N6S2.C10H14N4S2.C8H11N.2ClH/c1-3-9-25(10-4-1)15-17-35-21-31-29(32-22-35)37-19-27-13-7-8-14-28(27)20-38-30-33-23-36(24-34-30)18-16-26-11-5-2-6-12-26;11-9(12)15-5-7-3-1-2-4-8(7)6-16-10(13)14;9-7-6-8-4-2-1-3-5-8;;/h1-14H,15-24H2,(H,31,32)(H,33,34);1-4H,5-6H2,(H3,11,12)(H3,13,14);1-5H,6-7,9H2;2*1H. The number of rotatable bonds is 16. The Hall–Kier alpha value is -4.16. The van der Waals surface area contributed by atoms with Crippen LogP contribution < -0.4 is 27.8 Å². The molecule has 0 bridgehead atoms. The van der Waals surface area contributed by atoms with Gasteiger partial charge in [0.1, 0.15) is 0 Å². The molecule has 2 aliphatic heterocycles. The molecule has 0 aliphatic carbocycles. The van der Waals surface area contributed by atoms with Crippen LogP contribution in [0.15, 0.2) is 150 Å². The minimum atomic E-state index is 0. The van der Waals surface area contributed by atoms with Crippen LogP contribution in [-0.2, 0) is 42.3 Å². The average Bonchev–Trinajstić information content (AvgIpc) is 3.32. The zero-order valence-corrected chi connectivity index (χ0v) is 41.5.